The number of amides is 1. The maximum Gasteiger partial charge on any atom is 0.243 e. The van der Waals surface area contributed by atoms with Gasteiger partial charge in [0.05, 0.1) is 12.2 Å². The highest BCUT2D eigenvalue weighted by molar-refractivity contribution is 5.88. The summed E-state index contributed by atoms with van der Waals surface area (Å²) in [7, 11) is 0. The van der Waals surface area contributed by atoms with E-state index in [1.165, 1.54) is 38.5 Å². The molecule has 3 aliphatic rings. The minimum Gasteiger partial charge on any atom is -0.328 e. The molecule has 0 unspecified atom stereocenters. The highest BCUT2D eigenvalue weighted by Gasteiger charge is 2.48. The second-order valence-electron chi connectivity index (χ2n) is 5.80. The fourth-order valence-corrected chi connectivity index (χ4v) is 3.72. The van der Waals surface area contributed by atoms with Crippen LogP contribution in [0, 0.1) is 5.92 Å². The predicted molar refractivity (Wildman–Crippen MR) is 62.9 cm³/mol. The van der Waals surface area contributed by atoms with E-state index in [1.54, 1.807) is 0 Å². The van der Waals surface area contributed by atoms with Gasteiger partial charge in [0.25, 0.3) is 0 Å². The third-order valence-corrected chi connectivity index (χ3v) is 4.72. The minimum atomic E-state index is -0.140. The van der Waals surface area contributed by atoms with Gasteiger partial charge in [0.15, 0.2) is 0 Å². The van der Waals surface area contributed by atoms with Crippen molar-refractivity contribution in [1.29, 1.82) is 0 Å². The smallest absolute Gasteiger partial charge is 0.243 e. The van der Waals surface area contributed by atoms with E-state index in [0.29, 0.717) is 5.91 Å². The number of carbonyl (C=O) groups is 1. The second kappa shape index (κ2) is 4.02. The van der Waals surface area contributed by atoms with Gasteiger partial charge in [0, 0.05) is 6.54 Å². The quantitative estimate of drug-likeness (QED) is 0.773. The van der Waals surface area contributed by atoms with Crippen LogP contribution in [0.25, 0.3) is 0 Å². The summed E-state index contributed by atoms with van der Waals surface area (Å²) < 4.78 is 0. The fourth-order valence-electron chi connectivity index (χ4n) is 3.72. The van der Waals surface area contributed by atoms with Crippen molar-refractivity contribution in [2.75, 3.05) is 13.2 Å². The number of hydrogen-bond acceptors (Lipinski definition) is 2. The zero-order valence-electron chi connectivity index (χ0n) is 10.0. The zero-order valence-corrected chi connectivity index (χ0v) is 10.0. The zero-order chi connectivity index (χ0) is 11.0. The predicted octanol–water partition coefficient (Wildman–Crippen LogP) is 1.88. The highest BCUT2D eigenvalue weighted by atomic mass is 16.2. The van der Waals surface area contributed by atoms with E-state index in [0.717, 1.165) is 32.0 Å². The fraction of sp³-hybridized carbons (Fsp3) is 0.923. The molecule has 90 valence electrons. The number of rotatable bonds is 2. The third-order valence-electron chi connectivity index (χ3n) is 4.72. The number of hydrogen-bond donors (Lipinski definition) is 1. The van der Waals surface area contributed by atoms with Crippen molar-refractivity contribution < 1.29 is 4.79 Å². The van der Waals surface area contributed by atoms with Crippen LogP contribution in [0.15, 0.2) is 0 Å². The molecule has 3 heteroatoms. The van der Waals surface area contributed by atoms with Gasteiger partial charge < -0.3 is 4.90 Å². The standard InChI is InChI=1S/C13H22N2O/c16-12-13(7-3-4-8-13)14-10-15(12)9-11-5-1-2-6-11/h11,14H,1-10H2. The molecule has 1 N–H and O–H groups in total. The molecule has 1 amide bonds. The van der Waals surface area contributed by atoms with E-state index in [1.807, 2.05) is 0 Å². The van der Waals surface area contributed by atoms with E-state index >= 15 is 0 Å². The number of nitrogens with zero attached hydrogens (tertiary/aromatic N) is 1. The molecular weight excluding hydrogens is 200 g/mol. The number of nitrogens with one attached hydrogen (secondary N) is 1. The average Bonchev–Trinajstić information content (AvgIpc) is 2.99. The lowest BCUT2D eigenvalue weighted by molar-refractivity contribution is -0.132. The normalized spacial score (nSPS) is 29.8. The molecule has 1 saturated heterocycles. The molecule has 0 radical (unpaired) electrons. The van der Waals surface area contributed by atoms with Crippen LogP contribution >= 0.6 is 0 Å². The van der Waals surface area contributed by atoms with Crippen molar-refractivity contribution in [3.8, 4) is 0 Å². The van der Waals surface area contributed by atoms with E-state index in [-0.39, 0.29) is 5.54 Å². The molecule has 3 rings (SSSR count). The molecule has 2 saturated carbocycles. The van der Waals surface area contributed by atoms with Crippen LogP contribution in [-0.4, -0.2) is 29.6 Å². The Balaban J connectivity index is 1.63. The van der Waals surface area contributed by atoms with Gasteiger partial charge in [-0.05, 0) is 31.6 Å². The SMILES string of the molecule is O=C1N(CC2CCCC2)CNC12CCCC2. The molecular formula is C13H22N2O. The van der Waals surface area contributed by atoms with Gasteiger partial charge in [-0.3, -0.25) is 10.1 Å². The lowest BCUT2D eigenvalue weighted by Gasteiger charge is -2.23. The molecule has 1 aliphatic heterocycles. The lowest BCUT2D eigenvalue weighted by Crippen LogP contribution is -2.44. The first kappa shape index (κ1) is 10.6. The summed E-state index contributed by atoms with van der Waals surface area (Å²) in [5.74, 6) is 1.18. The summed E-state index contributed by atoms with van der Waals surface area (Å²) in [4.78, 5) is 14.5. The van der Waals surface area contributed by atoms with Gasteiger partial charge in [-0.2, -0.15) is 0 Å². The Hall–Kier alpha value is -0.570. The molecule has 16 heavy (non-hydrogen) atoms. The molecule has 1 spiro atoms. The van der Waals surface area contributed by atoms with Crippen molar-refractivity contribution in [2.24, 2.45) is 5.92 Å². The van der Waals surface area contributed by atoms with Crippen molar-refractivity contribution >= 4 is 5.91 Å². The molecule has 0 aromatic rings. The van der Waals surface area contributed by atoms with Crippen LogP contribution in [0.4, 0.5) is 0 Å². The Bertz CT molecular complexity index is 278. The van der Waals surface area contributed by atoms with Crippen LogP contribution < -0.4 is 5.32 Å². The van der Waals surface area contributed by atoms with E-state index in [2.05, 4.69) is 10.2 Å². The Labute approximate surface area is 97.6 Å². The summed E-state index contributed by atoms with van der Waals surface area (Å²) in [6.07, 6.45) is 9.95. The summed E-state index contributed by atoms with van der Waals surface area (Å²) in [6, 6.07) is 0. The second-order valence-corrected chi connectivity index (χ2v) is 5.80. The Morgan fingerprint density at radius 3 is 2.56 bits per heavy atom. The van der Waals surface area contributed by atoms with Gasteiger partial charge in [0.2, 0.25) is 5.91 Å². The minimum absolute atomic E-state index is 0.140. The maximum atomic E-state index is 12.4. The topological polar surface area (TPSA) is 32.3 Å². The van der Waals surface area contributed by atoms with Crippen LogP contribution in [0.5, 0.6) is 0 Å². The van der Waals surface area contributed by atoms with Crippen LogP contribution in [0.3, 0.4) is 0 Å². The van der Waals surface area contributed by atoms with Gasteiger partial charge in [-0.25, -0.2) is 0 Å². The highest BCUT2D eigenvalue weighted by Crippen LogP contribution is 2.35. The van der Waals surface area contributed by atoms with Crippen LogP contribution in [0.1, 0.15) is 51.4 Å². The molecule has 0 atom stereocenters. The van der Waals surface area contributed by atoms with Gasteiger partial charge in [-0.1, -0.05) is 25.7 Å². The lowest BCUT2D eigenvalue weighted by atomic mass is 9.97. The monoisotopic (exact) mass is 222 g/mol. The summed E-state index contributed by atoms with van der Waals surface area (Å²) in [5.41, 5.74) is -0.140. The van der Waals surface area contributed by atoms with Gasteiger partial charge >= 0.3 is 0 Å². The Morgan fingerprint density at radius 1 is 1.19 bits per heavy atom. The van der Waals surface area contributed by atoms with Crippen molar-refractivity contribution in [3.63, 3.8) is 0 Å². The maximum absolute atomic E-state index is 12.4. The molecule has 0 aromatic heterocycles. The van der Waals surface area contributed by atoms with E-state index in [4.69, 9.17) is 0 Å². The van der Waals surface area contributed by atoms with Crippen molar-refractivity contribution in [3.05, 3.63) is 0 Å². The van der Waals surface area contributed by atoms with Crippen LogP contribution in [-0.2, 0) is 4.79 Å². The van der Waals surface area contributed by atoms with Gasteiger partial charge in [0.1, 0.15) is 0 Å². The van der Waals surface area contributed by atoms with Crippen LogP contribution in [0.2, 0.25) is 0 Å². The Morgan fingerprint density at radius 2 is 1.88 bits per heavy atom. The molecule has 3 nitrogen and oxygen atoms in total. The first-order valence-electron chi connectivity index (χ1n) is 6.85. The van der Waals surface area contributed by atoms with E-state index in [9.17, 15) is 4.79 Å². The average molecular weight is 222 g/mol. The van der Waals surface area contributed by atoms with Crippen molar-refractivity contribution in [1.82, 2.24) is 10.2 Å². The first-order chi connectivity index (χ1) is 7.80. The van der Waals surface area contributed by atoms with E-state index < -0.39 is 0 Å². The van der Waals surface area contributed by atoms with Crippen molar-refractivity contribution in [2.45, 2.75) is 56.9 Å². The largest absolute Gasteiger partial charge is 0.328 e. The molecule has 1 heterocycles. The third kappa shape index (κ3) is 1.65. The first-order valence-corrected chi connectivity index (χ1v) is 6.85. The molecule has 2 aliphatic carbocycles. The Kier molecular flexibility index (Phi) is 2.66. The summed E-state index contributed by atoms with van der Waals surface area (Å²) >= 11 is 0. The molecule has 3 fully saturated rings. The number of carbonyl (C=O) groups excluding carboxylic acids is 1. The van der Waals surface area contributed by atoms with Gasteiger partial charge in [-0.15, -0.1) is 0 Å². The molecule has 0 bridgehead atoms. The molecule has 0 aromatic carbocycles. The summed E-state index contributed by atoms with van der Waals surface area (Å²) in [5, 5.41) is 3.48. The summed E-state index contributed by atoms with van der Waals surface area (Å²) in [6.45, 7) is 1.81.